The predicted molar refractivity (Wildman–Crippen MR) is 97.1 cm³/mol. The highest BCUT2D eigenvalue weighted by molar-refractivity contribution is 5.90. The number of rotatable bonds is 5. The first-order valence-corrected chi connectivity index (χ1v) is 8.32. The molecule has 1 heterocycles. The zero-order chi connectivity index (χ0) is 20.1. The van der Waals surface area contributed by atoms with E-state index in [4.69, 9.17) is 4.74 Å². The van der Waals surface area contributed by atoms with Gasteiger partial charge in [-0.1, -0.05) is 42.5 Å². The Morgan fingerprint density at radius 2 is 1.86 bits per heavy atom. The number of nitrogens with one attached hydrogen (secondary N) is 1. The van der Waals surface area contributed by atoms with Crippen LogP contribution in [0.25, 0.3) is 0 Å². The molecule has 1 aromatic heterocycles. The van der Waals surface area contributed by atoms with Crippen LogP contribution in [0.3, 0.4) is 0 Å². The fourth-order valence-electron chi connectivity index (χ4n) is 2.46. The fraction of sp³-hybridized carbons (Fsp3) is 0.150. The maximum absolute atomic E-state index is 13.4. The molecule has 144 valence electrons. The van der Waals surface area contributed by atoms with Gasteiger partial charge in [0.2, 0.25) is 5.95 Å². The lowest BCUT2D eigenvalue weighted by Crippen LogP contribution is -2.19. The highest BCUT2D eigenvalue weighted by Crippen LogP contribution is 2.31. The summed E-state index contributed by atoms with van der Waals surface area (Å²) < 4.78 is 45.3. The molecule has 0 aliphatic carbocycles. The van der Waals surface area contributed by atoms with Crippen molar-refractivity contribution in [3.63, 3.8) is 0 Å². The summed E-state index contributed by atoms with van der Waals surface area (Å²) in [6, 6.07) is 15.6. The molecule has 2 aromatic carbocycles. The third kappa shape index (κ3) is 4.85. The molecule has 3 aromatic rings. The smallest absolute Gasteiger partial charge is 0.434 e. The van der Waals surface area contributed by atoms with Crippen LogP contribution in [0.1, 0.15) is 27.2 Å². The molecule has 0 saturated heterocycles. The van der Waals surface area contributed by atoms with Crippen molar-refractivity contribution in [2.75, 3.05) is 5.32 Å². The number of carbonyl (C=O) groups excluding carboxylic acids is 1. The molecule has 0 radical (unpaired) electrons. The zero-order valence-electron chi connectivity index (χ0n) is 14.8. The number of benzene rings is 2. The molecule has 0 spiro atoms. The van der Waals surface area contributed by atoms with E-state index in [9.17, 15) is 18.0 Å². The van der Waals surface area contributed by atoms with Crippen LogP contribution < -0.4 is 5.32 Å². The summed E-state index contributed by atoms with van der Waals surface area (Å²) in [4.78, 5) is 19.5. The van der Waals surface area contributed by atoms with Gasteiger partial charge in [-0.3, -0.25) is 0 Å². The number of nitrogens with zero attached hydrogens (tertiary/aromatic N) is 2. The van der Waals surface area contributed by atoms with Crippen LogP contribution in [0.5, 0.6) is 0 Å². The zero-order valence-corrected chi connectivity index (χ0v) is 14.8. The summed E-state index contributed by atoms with van der Waals surface area (Å²) in [7, 11) is 0. The van der Waals surface area contributed by atoms with E-state index < -0.39 is 23.4 Å². The quantitative estimate of drug-likeness (QED) is 0.631. The highest BCUT2D eigenvalue weighted by Gasteiger charge is 2.38. The summed E-state index contributed by atoms with van der Waals surface area (Å²) in [5.41, 5.74) is 0.0201. The van der Waals surface area contributed by atoms with Crippen LogP contribution in [0.4, 0.5) is 24.8 Å². The van der Waals surface area contributed by atoms with Crippen LogP contribution >= 0.6 is 0 Å². The van der Waals surface area contributed by atoms with Gasteiger partial charge in [0.25, 0.3) is 0 Å². The van der Waals surface area contributed by atoms with Crippen molar-refractivity contribution in [3.05, 3.63) is 83.2 Å². The largest absolute Gasteiger partial charge is 0.457 e. The monoisotopic (exact) mass is 387 g/mol. The van der Waals surface area contributed by atoms with E-state index in [1.165, 1.54) is 0 Å². The lowest BCUT2D eigenvalue weighted by Gasteiger charge is -2.13. The van der Waals surface area contributed by atoms with Gasteiger partial charge in [0.05, 0.1) is 0 Å². The summed E-state index contributed by atoms with van der Waals surface area (Å²) >= 11 is 0. The van der Waals surface area contributed by atoms with E-state index in [0.29, 0.717) is 11.3 Å². The Hall–Kier alpha value is -3.42. The molecule has 1 N–H and O–H groups in total. The Balaban J connectivity index is 1.83. The van der Waals surface area contributed by atoms with Crippen molar-refractivity contribution in [2.45, 2.75) is 19.7 Å². The summed E-state index contributed by atoms with van der Waals surface area (Å²) in [5.74, 6) is -1.41. The first-order chi connectivity index (χ1) is 13.3. The molecule has 0 unspecified atom stereocenters. The SMILES string of the molecule is Cc1cccc(Nc2ncc(C(=O)OCc3ccccc3)c(C(F)(F)F)n2)c1. The van der Waals surface area contributed by atoms with Crippen molar-refractivity contribution < 1.29 is 22.7 Å². The van der Waals surface area contributed by atoms with E-state index in [0.717, 1.165) is 11.8 Å². The standard InChI is InChI=1S/C20H16F3N3O2/c1-13-6-5-9-15(10-13)25-19-24-11-16(17(26-19)20(21,22)23)18(27)28-12-14-7-3-2-4-8-14/h2-11H,12H2,1H3,(H,24,25,26). The topological polar surface area (TPSA) is 64.1 Å². The summed E-state index contributed by atoms with van der Waals surface area (Å²) in [6.07, 6.45) is -4.02. The second kappa shape index (κ2) is 8.08. The molecule has 0 aliphatic rings. The van der Waals surface area contributed by atoms with Gasteiger partial charge in [0.1, 0.15) is 12.2 Å². The Morgan fingerprint density at radius 1 is 1.11 bits per heavy atom. The fourth-order valence-corrected chi connectivity index (χ4v) is 2.46. The molecule has 0 atom stereocenters. The Bertz CT molecular complexity index is 976. The number of hydrogen-bond acceptors (Lipinski definition) is 5. The van der Waals surface area contributed by atoms with Gasteiger partial charge < -0.3 is 10.1 Å². The van der Waals surface area contributed by atoms with Gasteiger partial charge in [0.15, 0.2) is 5.69 Å². The second-order valence-corrected chi connectivity index (χ2v) is 6.01. The number of ether oxygens (including phenoxy) is 1. The van der Waals surface area contributed by atoms with Crippen LogP contribution in [0.15, 0.2) is 60.8 Å². The molecule has 5 nitrogen and oxygen atoms in total. The highest BCUT2D eigenvalue weighted by atomic mass is 19.4. The Labute approximate surface area is 159 Å². The minimum absolute atomic E-state index is 0.153. The average molecular weight is 387 g/mol. The molecule has 0 bridgehead atoms. The number of aromatic nitrogens is 2. The van der Waals surface area contributed by atoms with Crippen molar-refractivity contribution in [1.29, 1.82) is 0 Å². The molecule has 0 amide bonds. The van der Waals surface area contributed by atoms with E-state index in [2.05, 4.69) is 15.3 Å². The molecule has 0 saturated carbocycles. The van der Waals surface area contributed by atoms with Gasteiger partial charge in [0, 0.05) is 11.9 Å². The maximum Gasteiger partial charge on any atom is 0.434 e. The first kappa shape index (κ1) is 19.3. The lowest BCUT2D eigenvalue weighted by atomic mass is 10.2. The van der Waals surface area contributed by atoms with Crippen LogP contribution in [0.2, 0.25) is 0 Å². The van der Waals surface area contributed by atoms with Crippen molar-refractivity contribution >= 4 is 17.6 Å². The lowest BCUT2D eigenvalue weighted by molar-refractivity contribution is -0.141. The van der Waals surface area contributed by atoms with Crippen LogP contribution in [-0.4, -0.2) is 15.9 Å². The van der Waals surface area contributed by atoms with Crippen molar-refractivity contribution in [1.82, 2.24) is 9.97 Å². The molecule has 3 rings (SSSR count). The molecular weight excluding hydrogens is 371 g/mol. The van der Waals surface area contributed by atoms with E-state index in [-0.39, 0.29) is 12.6 Å². The predicted octanol–water partition coefficient (Wildman–Crippen LogP) is 4.90. The first-order valence-electron chi connectivity index (χ1n) is 8.32. The van der Waals surface area contributed by atoms with Crippen LogP contribution in [-0.2, 0) is 17.5 Å². The third-order valence-electron chi connectivity index (χ3n) is 3.76. The third-order valence-corrected chi connectivity index (χ3v) is 3.76. The van der Waals surface area contributed by atoms with Gasteiger partial charge >= 0.3 is 12.1 Å². The number of carbonyl (C=O) groups is 1. The number of hydrogen-bond donors (Lipinski definition) is 1. The number of esters is 1. The van der Waals surface area contributed by atoms with Crippen molar-refractivity contribution in [3.8, 4) is 0 Å². The number of aryl methyl sites for hydroxylation is 1. The molecular formula is C20H16F3N3O2. The van der Waals surface area contributed by atoms with Gasteiger partial charge in [-0.2, -0.15) is 13.2 Å². The summed E-state index contributed by atoms with van der Waals surface area (Å²) in [6.45, 7) is 1.69. The van der Waals surface area contributed by atoms with Gasteiger partial charge in [-0.05, 0) is 30.2 Å². The molecule has 0 aliphatic heterocycles. The van der Waals surface area contributed by atoms with E-state index in [1.807, 2.05) is 13.0 Å². The number of alkyl halides is 3. The van der Waals surface area contributed by atoms with Crippen molar-refractivity contribution in [2.24, 2.45) is 0 Å². The normalized spacial score (nSPS) is 11.1. The minimum Gasteiger partial charge on any atom is -0.457 e. The van der Waals surface area contributed by atoms with E-state index >= 15 is 0 Å². The van der Waals surface area contributed by atoms with E-state index in [1.54, 1.807) is 48.5 Å². The maximum atomic E-state index is 13.4. The van der Waals surface area contributed by atoms with Crippen LogP contribution in [0, 0.1) is 6.92 Å². The van der Waals surface area contributed by atoms with Gasteiger partial charge in [-0.15, -0.1) is 0 Å². The Kier molecular flexibility index (Phi) is 5.58. The molecule has 8 heteroatoms. The minimum atomic E-state index is -4.84. The number of anilines is 2. The number of halogens is 3. The molecule has 28 heavy (non-hydrogen) atoms. The average Bonchev–Trinajstić information content (AvgIpc) is 2.66. The molecule has 0 fully saturated rings. The Morgan fingerprint density at radius 3 is 2.54 bits per heavy atom. The summed E-state index contributed by atoms with van der Waals surface area (Å²) in [5, 5.41) is 2.71. The van der Waals surface area contributed by atoms with Gasteiger partial charge in [-0.25, -0.2) is 14.8 Å². The second-order valence-electron chi connectivity index (χ2n) is 6.01.